The van der Waals surface area contributed by atoms with Crippen LogP contribution >= 0.6 is 0 Å². The van der Waals surface area contributed by atoms with E-state index in [9.17, 15) is 10.1 Å². The van der Waals surface area contributed by atoms with Crippen molar-refractivity contribution in [2.24, 2.45) is 18.9 Å². The first-order valence-electron chi connectivity index (χ1n) is 15.6. The molecule has 10 heteroatoms. The number of hydrogen-bond acceptors (Lipinski definition) is 8. The van der Waals surface area contributed by atoms with Gasteiger partial charge in [0.05, 0.1) is 24.0 Å². The second-order valence-corrected chi connectivity index (χ2v) is 12.0. The van der Waals surface area contributed by atoms with Crippen LogP contribution in [0.2, 0.25) is 0 Å². The fourth-order valence-electron chi connectivity index (χ4n) is 6.48. The molecule has 3 aromatic heterocycles. The van der Waals surface area contributed by atoms with Gasteiger partial charge in [0.15, 0.2) is 0 Å². The van der Waals surface area contributed by atoms with E-state index in [1.165, 1.54) is 0 Å². The quantitative estimate of drug-likeness (QED) is 0.248. The number of rotatable bonds is 10. The van der Waals surface area contributed by atoms with Gasteiger partial charge < -0.3 is 16.0 Å². The number of benzene rings is 1. The van der Waals surface area contributed by atoms with Crippen molar-refractivity contribution in [2.45, 2.75) is 57.0 Å². The molecule has 0 spiro atoms. The molecule has 1 aliphatic heterocycles. The molecule has 4 aromatic rings. The van der Waals surface area contributed by atoms with Crippen molar-refractivity contribution in [3.8, 4) is 17.2 Å². The lowest BCUT2D eigenvalue weighted by molar-refractivity contribution is -0.124. The van der Waals surface area contributed by atoms with Crippen LogP contribution in [-0.4, -0.2) is 49.8 Å². The summed E-state index contributed by atoms with van der Waals surface area (Å²) in [5.41, 5.74) is 4.34. The fraction of sp³-hybridized carbons (Fsp3) is 0.412. The van der Waals surface area contributed by atoms with Crippen molar-refractivity contribution in [1.82, 2.24) is 35.4 Å². The Kier molecular flexibility index (Phi) is 9.22. The molecular weight excluding hydrogens is 550 g/mol. The molecule has 4 heterocycles. The summed E-state index contributed by atoms with van der Waals surface area (Å²) < 4.78 is 1.77. The zero-order chi connectivity index (χ0) is 30.3. The number of nitrogens with one attached hydrogen (secondary N) is 3. The number of carbonyl (C=O) groups is 1. The molecule has 1 saturated carbocycles. The minimum atomic E-state index is -0.329. The second kappa shape index (κ2) is 13.8. The number of nitriles is 1. The van der Waals surface area contributed by atoms with Gasteiger partial charge in [-0.1, -0.05) is 36.4 Å². The average molecular weight is 590 g/mol. The molecule has 6 rings (SSSR count). The van der Waals surface area contributed by atoms with Crippen LogP contribution in [0.15, 0.2) is 67.3 Å². The van der Waals surface area contributed by atoms with Crippen LogP contribution in [0.3, 0.4) is 0 Å². The normalized spacial score (nSPS) is 20.5. The highest BCUT2D eigenvalue weighted by Crippen LogP contribution is 2.39. The van der Waals surface area contributed by atoms with E-state index in [1.807, 2.05) is 68.1 Å². The summed E-state index contributed by atoms with van der Waals surface area (Å²) in [4.78, 5) is 27.9. The van der Waals surface area contributed by atoms with Crippen molar-refractivity contribution in [1.29, 1.82) is 5.26 Å². The number of carbonyl (C=O) groups excluding carboxylic acids is 1. The molecule has 10 nitrogen and oxygen atoms in total. The van der Waals surface area contributed by atoms with Crippen molar-refractivity contribution >= 4 is 11.7 Å². The molecule has 1 saturated heterocycles. The van der Waals surface area contributed by atoms with Crippen molar-refractivity contribution in [3.63, 3.8) is 0 Å². The Balaban J connectivity index is 1.14. The summed E-state index contributed by atoms with van der Waals surface area (Å²) in [6, 6.07) is 16.5. The lowest BCUT2D eigenvalue weighted by Crippen LogP contribution is -2.35. The monoisotopic (exact) mass is 589 g/mol. The molecule has 2 fully saturated rings. The summed E-state index contributed by atoms with van der Waals surface area (Å²) in [7, 11) is 1.90. The molecule has 226 valence electrons. The molecule has 2 aliphatic rings. The summed E-state index contributed by atoms with van der Waals surface area (Å²) in [6.07, 6.45) is 12.9. The van der Waals surface area contributed by atoms with Gasteiger partial charge in [-0.25, -0.2) is 9.97 Å². The number of hydrogen-bond donors (Lipinski definition) is 3. The van der Waals surface area contributed by atoms with Crippen molar-refractivity contribution < 1.29 is 4.79 Å². The molecule has 0 bridgehead atoms. The third-order valence-corrected chi connectivity index (χ3v) is 8.93. The van der Waals surface area contributed by atoms with Crippen molar-refractivity contribution in [2.75, 3.05) is 18.4 Å². The van der Waals surface area contributed by atoms with Gasteiger partial charge in [0.25, 0.3) is 0 Å². The average Bonchev–Trinajstić information content (AvgIpc) is 3.74. The van der Waals surface area contributed by atoms with E-state index < -0.39 is 0 Å². The van der Waals surface area contributed by atoms with E-state index in [2.05, 4.69) is 32.1 Å². The summed E-state index contributed by atoms with van der Waals surface area (Å²) in [5.74, 6) is 1.71. The van der Waals surface area contributed by atoms with Gasteiger partial charge in [-0.2, -0.15) is 10.4 Å². The zero-order valence-electron chi connectivity index (χ0n) is 25.1. The first kappa shape index (κ1) is 29.5. The topological polar surface area (TPSA) is 133 Å². The maximum atomic E-state index is 13.8. The Morgan fingerprint density at radius 2 is 1.89 bits per heavy atom. The summed E-state index contributed by atoms with van der Waals surface area (Å²) in [6.45, 7) is 2.33. The SMILES string of the molecule is Cn1cc(-c2ccc(C(C(=O)NCc3ccccc3)[C@H]3CC[C@H](Cc4ncc(C#N)c(NC5CCNC5)n4)CC3)nc2)cn1. The minimum Gasteiger partial charge on any atom is -0.365 e. The van der Waals surface area contributed by atoms with E-state index in [-0.39, 0.29) is 23.8 Å². The van der Waals surface area contributed by atoms with Gasteiger partial charge >= 0.3 is 0 Å². The van der Waals surface area contributed by atoms with Crippen LogP contribution in [0.5, 0.6) is 0 Å². The molecular formula is C34H39N9O. The van der Waals surface area contributed by atoms with E-state index >= 15 is 0 Å². The third-order valence-electron chi connectivity index (χ3n) is 8.93. The number of amides is 1. The van der Waals surface area contributed by atoms with E-state index in [0.29, 0.717) is 23.8 Å². The second-order valence-electron chi connectivity index (χ2n) is 12.0. The van der Waals surface area contributed by atoms with Crippen LogP contribution in [0.4, 0.5) is 5.82 Å². The largest absolute Gasteiger partial charge is 0.365 e. The molecule has 2 unspecified atom stereocenters. The smallest absolute Gasteiger partial charge is 0.229 e. The molecule has 44 heavy (non-hydrogen) atoms. The minimum absolute atomic E-state index is 0.0199. The van der Waals surface area contributed by atoms with Gasteiger partial charge in [-0.05, 0) is 62.1 Å². The Morgan fingerprint density at radius 3 is 2.57 bits per heavy atom. The summed E-state index contributed by atoms with van der Waals surface area (Å²) in [5, 5.41) is 23.8. The van der Waals surface area contributed by atoms with E-state index in [0.717, 1.165) is 79.8 Å². The zero-order valence-corrected chi connectivity index (χ0v) is 25.1. The van der Waals surface area contributed by atoms with Crippen LogP contribution < -0.4 is 16.0 Å². The Labute approximate surface area is 258 Å². The maximum Gasteiger partial charge on any atom is 0.229 e. The van der Waals surface area contributed by atoms with Crippen LogP contribution in [0.25, 0.3) is 11.1 Å². The van der Waals surface area contributed by atoms with Gasteiger partial charge in [-0.3, -0.25) is 14.5 Å². The molecule has 3 N–H and O–H groups in total. The predicted molar refractivity (Wildman–Crippen MR) is 168 cm³/mol. The standard InChI is InChI=1S/C34H39N9O/c1-43-22-28(20-40-43)26-11-12-30(37-18-26)32(34(44)39-17-24-5-3-2-4-6-24)25-9-7-23(8-10-25)15-31-38-19-27(16-35)33(42-31)41-29-13-14-36-21-29/h2-6,11-12,18-20,22-23,25,29,32,36H,7-10,13-15,17,21H2,1H3,(H,39,44)(H,38,41,42)/t23-,25-,29?,32?. The Bertz CT molecular complexity index is 1580. The highest BCUT2D eigenvalue weighted by molar-refractivity contribution is 5.83. The van der Waals surface area contributed by atoms with Gasteiger partial charge in [0, 0.05) is 56.1 Å². The number of anilines is 1. The van der Waals surface area contributed by atoms with Crippen molar-refractivity contribution in [3.05, 3.63) is 89.9 Å². The molecule has 1 aromatic carbocycles. The van der Waals surface area contributed by atoms with E-state index in [4.69, 9.17) is 9.97 Å². The fourth-order valence-corrected chi connectivity index (χ4v) is 6.48. The van der Waals surface area contributed by atoms with Crippen LogP contribution in [0, 0.1) is 23.2 Å². The predicted octanol–water partition coefficient (Wildman–Crippen LogP) is 4.37. The number of aryl methyl sites for hydroxylation is 1. The first-order chi connectivity index (χ1) is 21.6. The molecule has 0 radical (unpaired) electrons. The van der Waals surface area contributed by atoms with E-state index in [1.54, 1.807) is 10.9 Å². The Hall–Kier alpha value is -4.62. The Morgan fingerprint density at radius 1 is 1.05 bits per heavy atom. The highest BCUT2D eigenvalue weighted by Gasteiger charge is 2.34. The lowest BCUT2D eigenvalue weighted by Gasteiger charge is -2.33. The summed E-state index contributed by atoms with van der Waals surface area (Å²) >= 11 is 0. The first-order valence-corrected chi connectivity index (χ1v) is 15.6. The maximum absolute atomic E-state index is 13.8. The van der Waals surface area contributed by atoms with Gasteiger partial charge in [-0.15, -0.1) is 0 Å². The van der Waals surface area contributed by atoms with Crippen LogP contribution in [0.1, 0.15) is 60.7 Å². The number of aromatic nitrogens is 5. The molecule has 1 amide bonds. The lowest BCUT2D eigenvalue weighted by atomic mass is 9.73. The third kappa shape index (κ3) is 7.12. The number of pyridine rings is 1. The number of nitrogens with zero attached hydrogens (tertiary/aromatic N) is 6. The highest BCUT2D eigenvalue weighted by atomic mass is 16.1. The van der Waals surface area contributed by atoms with Gasteiger partial charge in [0.2, 0.25) is 5.91 Å². The van der Waals surface area contributed by atoms with Crippen LogP contribution in [-0.2, 0) is 24.8 Å². The molecule has 1 aliphatic carbocycles. The molecule has 2 atom stereocenters. The van der Waals surface area contributed by atoms with Gasteiger partial charge in [0.1, 0.15) is 23.3 Å².